The summed E-state index contributed by atoms with van der Waals surface area (Å²) >= 11 is 5.95. The Bertz CT molecular complexity index is 436. The summed E-state index contributed by atoms with van der Waals surface area (Å²) in [6.07, 6.45) is 1.18. The summed E-state index contributed by atoms with van der Waals surface area (Å²) in [6, 6.07) is 3.39. The second kappa shape index (κ2) is 3.14. The molecule has 80 valence electrons. The fourth-order valence-electron chi connectivity index (χ4n) is 1.75. The van der Waals surface area contributed by atoms with Crippen LogP contribution in [0.15, 0.2) is 12.1 Å². The van der Waals surface area contributed by atoms with Gasteiger partial charge in [-0.3, -0.25) is 4.79 Å². The van der Waals surface area contributed by atoms with E-state index in [1.807, 2.05) is 0 Å². The first-order valence-electron chi connectivity index (χ1n) is 4.71. The first-order chi connectivity index (χ1) is 6.99. The van der Waals surface area contributed by atoms with Gasteiger partial charge in [-0.05, 0) is 30.9 Å². The van der Waals surface area contributed by atoms with Gasteiger partial charge in [-0.25, -0.2) is 0 Å². The van der Waals surface area contributed by atoms with E-state index in [0.29, 0.717) is 24.0 Å². The Morgan fingerprint density at radius 1 is 1.47 bits per heavy atom. The molecule has 0 atom stereocenters. The van der Waals surface area contributed by atoms with Gasteiger partial charge in [0.1, 0.15) is 5.75 Å². The van der Waals surface area contributed by atoms with Gasteiger partial charge in [-0.1, -0.05) is 23.7 Å². The van der Waals surface area contributed by atoms with Gasteiger partial charge < -0.3 is 10.2 Å². The van der Waals surface area contributed by atoms with Crippen LogP contribution in [0.2, 0.25) is 5.02 Å². The highest BCUT2D eigenvalue weighted by atomic mass is 35.5. The van der Waals surface area contributed by atoms with E-state index in [4.69, 9.17) is 16.7 Å². The van der Waals surface area contributed by atoms with Crippen molar-refractivity contribution >= 4 is 17.6 Å². The Balaban J connectivity index is 2.55. The van der Waals surface area contributed by atoms with Crippen LogP contribution in [0, 0.1) is 6.92 Å². The van der Waals surface area contributed by atoms with Crippen LogP contribution in [-0.2, 0) is 10.2 Å². The highest BCUT2D eigenvalue weighted by Crippen LogP contribution is 2.52. The van der Waals surface area contributed by atoms with Gasteiger partial charge in [0.15, 0.2) is 0 Å². The van der Waals surface area contributed by atoms with Crippen molar-refractivity contribution in [3.8, 4) is 5.75 Å². The number of aromatic hydroxyl groups is 1. The van der Waals surface area contributed by atoms with E-state index >= 15 is 0 Å². The van der Waals surface area contributed by atoms with Crippen LogP contribution < -0.4 is 0 Å². The molecule has 0 heterocycles. The summed E-state index contributed by atoms with van der Waals surface area (Å²) in [4.78, 5) is 11.1. The maximum Gasteiger partial charge on any atom is 0.314 e. The van der Waals surface area contributed by atoms with E-state index < -0.39 is 11.4 Å². The van der Waals surface area contributed by atoms with E-state index in [9.17, 15) is 9.90 Å². The zero-order valence-electron chi connectivity index (χ0n) is 8.25. The van der Waals surface area contributed by atoms with Crippen molar-refractivity contribution in [1.29, 1.82) is 0 Å². The lowest BCUT2D eigenvalue weighted by Gasteiger charge is -2.14. The van der Waals surface area contributed by atoms with Crippen LogP contribution >= 0.6 is 11.6 Å². The summed E-state index contributed by atoms with van der Waals surface area (Å²) in [5.41, 5.74) is 0.326. The number of carbonyl (C=O) groups is 1. The van der Waals surface area contributed by atoms with E-state index in [1.165, 1.54) is 0 Å². The molecule has 2 N–H and O–H groups in total. The van der Waals surface area contributed by atoms with Gasteiger partial charge in [-0.15, -0.1) is 0 Å². The minimum absolute atomic E-state index is 0.0123. The van der Waals surface area contributed by atoms with Gasteiger partial charge in [0.05, 0.1) is 10.4 Å². The second-order valence-corrected chi connectivity index (χ2v) is 4.36. The van der Waals surface area contributed by atoms with Crippen LogP contribution in [0.1, 0.15) is 24.0 Å². The zero-order chi connectivity index (χ0) is 11.2. The van der Waals surface area contributed by atoms with Crippen molar-refractivity contribution < 1.29 is 15.0 Å². The third kappa shape index (κ3) is 1.38. The number of carboxylic acids is 1. The lowest BCUT2D eigenvalue weighted by atomic mass is 9.94. The molecule has 0 saturated heterocycles. The molecule has 4 heteroatoms. The van der Waals surface area contributed by atoms with E-state index in [-0.39, 0.29) is 10.8 Å². The lowest BCUT2D eigenvalue weighted by Crippen LogP contribution is -2.19. The van der Waals surface area contributed by atoms with Crippen LogP contribution in [0.4, 0.5) is 0 Å². The van der Waals surface area contributed by atoms with Gasteiger partial charge in [0.25, 0.3) is 0 Å². The normalized spacial score (nSPS) is 17.5. The number of halogens is 1. The van der Waals surface area contributed by atoms with Crippen molar-refractivity contribution in [3.05, 3.63) is 28.3 Å². The Morgan fingerprint density at radius 2 is 2.07 bits per heavy atom. The Morgan fingerprint density at radius 3 is 2.53 bits per heavy atom. The molecule has 0 aliphatic heterocycles. The van der Waals surface area contributed by atoms with Gasteiger partial charge in [-0.2, -0.15) is 0 Å². The molecule has 15 heavy (non-hydrogen) atoms. The zero-order valence-corrected chi connectivity index (χ0v) is 9.01. The predicted octanol–water partition coefficient (Wildman–Crippen LogP) is 2.47. The number of aryl methyl sites for hydroxylation is 1. The first kappa shape index (κ1) is 10.3. The molecule has 3 nitrogen and oxygen atoms in total. The first-order valence-corrected chi connectivity index (χ1v) is 5.09. The Hall–Kier alpha value is -1.22. The summed E-state index contributed by atoms with van der Waals surface area (Å²) in [5, 5.41) is 18.9. The topological polar surface area (TPSA) is 57.5 Å². The number of benzene rings is 1. The van der Waals surface area contributed by atoms with Gasteiger partial charge in [0, 0.05) is 0 Å². The molecule has 1 aromatic rings. The van der Waals surface area contributed by atoms with E-state index in [0.717, 1.165) is 0 Å². The van der Waals surface area contributed by atoms with Gasteiger partial charge >= 0.3 is 5.97 Å². The molecule has 1 aliphatic rings. The Kier molecular flexibility index (Phi) is 2.15. The number of carboxylic acid groups (broad SMARTS) is 1. The lowest BCUT2D eigenvalue weighted by molar-refractivity contribution is -0.140. The van der Waals surface area contributed by atoms with Crippen molar-refractivity contribution in [2.45, 2.75) is 25.2 Å². The minimum atomic E-state index is -0.868. The average Bonchev–Trinajstić information content (AvgIpc) is 2.95. The van der Waals surface area contributed by atoms with Crippen LogP contribution in [0.3, 0.4) is 0 Å². The summed E-state index contributed by atoms with van der Waals surface area (Å²) in [6.45, 7) is 1.73. The molecule has 0 radical (unpaired) electrons. The molecular weight excluding hydrogens is 216 g/mol. The molecule has 0 bridgehead atoms. The fraction of sp³-hybridized carbons (Fsp3) is 0.364. The molecular formula is C11H11ClO3. The maximum atomic E-state index is 11.1. The summed E-state index contributed by atoms with van der Waals surface area (Å²) in [5.74, 6) is -0.880. The summed E-state index contributed by atoms with van der Waals surface area (Å²) in [7, 11) is 0. The van der Waals surface area contributed by atoms with Crippen LogP contribution in [0.25, 0.3) is 0 Å². The fourth-order valence-corrected chi connectivity index (χ4v) is 2.15. The standard InChI is InChI=1S/C11H11ClO3/c1-6-2-3-7(8(12)9(6)13)11(4-5-11)10(14)15/h2-3,13H,4-5H2,1H3,(H,14,15). The minimum Gasteiger partial charge on any atom is -0.506 e. The average molecular weight is 227 g/mol. The summed E-state index contributed by atoms with van der Waals surface area (Å²) < 4.78 is 0. The number of rotatable bonds is 2. The third-order valence-corrected chi connectivity index (χ3v) is 3.38. The molecule has 0 unspecified atom stereocenters. The molecule has 1 fully saturated rings. The predicted molar refractivity (Wildman–Crippen MR) is 56.4 cm³/mol. The van der Waals surface area contributed by atoms with Gasteiger partial charge in [0.2, 0.25) is 0 Å². The SMILES string of the molecule is Cc1ccc(C2(C(=O)O)CC2)c(Cl)c1O. The van der Waals surface area contributed by atoms with Crippen LogP contribution in [-0.4, -0.2) is 16.2 Å². The number of phenolic OH excluding ortho intramolecular Hbond substituents is 1. The largest absolute Gasteiger partial charge is 0.506 e. The molecule has 2 rings (SSSR count). The number of hydrogen-bond acceptors (Lipinski definition) is 2. The van der Waals surface area contributed by atoms with Crippen LogP contribution in [0.5, 0.6) is 5.75 Å². The second-order valence-electron chi connectivity index (χ2n) is 3.98. The molecule has 0 aromatic heterocycles. The van der Waals surface area contributed by atoms with Crippen molar-refractivity contribution in [2.75, 3.05) is 0 Å². The molecule has 1 aromatic carbocycles. The smallest absolute Gasteiger partial charge is 0.314 e. The molecule has 0 spiro atoms. The highest BCUT2D eigenvalue weighted by molar-refractivity contribution is 6.33. The molecule has 1 aliphatic carbocycles. The molecule has 0 amide bonds. The quantitative estimate of drug-likeness (QED) is 0.815. The van der Waals surface area contributed by atoms with Crippen molar-refractivity contribution in [1.82, 2.24) is 0 Å². The van der Waals surface area contributed by atoms with E-state index in [1.54, 1.807) is 19.1 Å². The van der Waals surface area contributed by atoms with Crippen molar-refractivity contribution in [3.63, 3.8) is 0 Å². The number of aliphatic carboxylic acids is 1. The Labute approximate surface area is 92.3 Å². The maximum absolute atomic E-state index is 11.1. The highest BCUT2D eigenvalue weighted by Gasteiger charge is 2.53. The van der Waals surface area contributed by atoms with Crippen molar-refractivity contribution in [2.24, 2.45) is 0 Å². The number of hydrogen-bond donors (Lipinski definition) is 2. The molecule has 1 saturated carbocycles. The number of phenols is 1. The monoisotopic (exact) mass is 226 g/mol. The third-order valence-electron chi connectivity index (χ3n) is 2.99. The van der Waals surface area contributed by atoms with E-state index in [2.05, 4.69) is 0 Å².